The van der Waals surface area contributed by atoms with Gasteiger partial charge in [0.1, 0.15) is 5.82 Å². The predicted molar refractivity (Wildman–Crippen MR) is 147 cm³/mol. The minimum Gasteiger partial charge on any atom is -0.318 e. The van der Waals surface area contributed by atoms with Crippen molar-refractivity contribution in [3.05, 3.63) is 71.5 Å². The molecule has 5 rings (SSSR count). The highest BCUT2D eigenvalue weighted by Gasteiger charge is 2.52. The predicted octanol–water partition coefficient (Wildman–Crippen LogP) is 4.66. The van der Waals surface area contributed by atoms with Crippen molar-refractivity contribution in [3.8, 4) is 0 Å². The highest BCUT2D eigenvalue weighted by molar-refractivity contribution is 5.31. The number of piperidine rings is 1. The fraction of sp³-hybridized carbons (Fsp3) is 0.613. The first-order valence-electron chi connectivity index (χ1n) is 14.3. The lowest BCUT2D eigenvalue weighted by Crippen LogP contribution is -2.59. The molecule has 4 nitrogen and oxygen atoms in total. The zero-order valence-corrected chi connectivity index (χ0v) is 22.1. The molecular formula is C31H45FN4. The second-order valence-electron chi connectivity index (χ2n) is 11.4. The Morgan fingerprint density at radius 1 is 0.861 bits per heavy atom. The molecule has 2 N–H and O–H groups in total. The normalized spacial score (nSPS) is 25.5. The maximum absolute atomic E-state index is 14.8. The van der Waals surface area contributed by atoms with Crippen molar-refractivity contribution >= 4 is 0 Å². The molecule has 3 fully saturated rings. The van der Waals surface area contributed by atoms with E-state index in [1.165, 1.54) is 62.7 Å². The highest BCUT2D eigenvalue weighted by Crippen LogP contribution is 2.51. The van der Waals surface area contributed by atoms with Crippen molar-refractivity contribution in [1.82, 2.24) is 20.4 Å². The van der Waals surface area contributed by atoms with Gasteiger partial charge >= 0.3 is 0 Å². The monoisotopic (exact) mass is 492 g/mol. The van der Waals surface area contributed by atoms with Crippen LogP contribution in [0.3, 0.4) is 0 Å². The molecule has 36 heavy (non-hydrogen) atoms. The first-order valence-corrected chi connectivity index (χ1v) is 14.3. The van der Waals surface area contributed by atoms with E-state index in [9.17, 15) is 4.39 Å². The zero-order valence-electron chi connectivity index (χ0n) is 22.1. The molecule has 0 aromatic heterocycles. The Hall–Kier alpha value is -1.79. The Kier molecular flexibility index (Phi) is 8.74. The summed E-state index contributed by atoms with van der Waals surface area (Å²) >= 11 is 0. The van der Waals surface area contributed by atoms with E-state index in [1.54, 1.807) is 6.07 Å². The molecule has 1 aliphatic carbocycles. The lowest BCUT2D eigenvalue weighted by Gasteiger charge is -2.54. The first-order chi connectivity index (χ1) is 17.7. The molecule has 3 aliphatic rings. The molecule has 0 spiro atoms. The highest BCUT2D eigenvalue weighted by atomic mass is 19.1. The van der Waals surface area contributed by atoms with Crippen LogP contribution in [0.2, 0.25) is 0 Å². The summed E-state index contributed by atoms with van der Waals surface area (Å²) in [4.78, 5) is 5.29. The van der Waals surface area contributed by atoms with Crippen LogP contribution in [0.5, 0.6) is 0 Å². The average molecular weight is 493 g/mol. The molecule has 2 aromatic carbocycles. The van der Waals surface area contributed by atoms with Gasteiger partial charge in [-0.1, -0.05) is 48.9 Å². The number of rotatable bonds is 11. The van der Waals surface area contributed by atoms with Crippen LogP contribution in [0.1, 0.15) is 49.7 Å². The summed E-state index contributed by atoms with van der Waals surface area (Å²) in [5, 5.41) is 7.22. The van der Waals surface area contributed by atoms with Crippen LogP contribution in [-0.4, -0.2) is 68.7 Å². The number of hydrogen-bond acceptors (Lipinski definition) is 4. The second kappa shape index (κ2) is 12.2. The maximum atomic E-state index is 14.8. The Labute approximate surface area is 217 Å². The van der Waals surface area contributed by atoms with Gasteiger partial charge in [0.25, 0.3) is 0 Å². The number of hydrogen-bond donors (Lipinski definition) is 2. The van der Waals surface area contributed by atoms with Gasteiger partial charge in [0, 0.05) is 37.6 Å². The molecule has 1 saturated carbocycles. The van der Waals surface area contributed by atoms with Crippen LogP contribution in [0, 0.1) is 17.7 Å². The quantitative estimate of drug-likeness (QED) is 0.447. The molecule has 2 aliphatic heterocycles. The second-order valence-corrected chi connectivity index (χ2v) is 11.4. The number of likely N-dealkylation sites (tertiary alicyclic amines) is 2. The lowest BCUT2D eigenvalue weighted by molar-refractivity contribution is 0.0244. The van der Waals surface area contributed by atoms with E-state index in [4.69, 9.17) is 0 Å². The molecule has 2 aromatic rings. The average Bonchev–Trinajstić information content (AvgIpc) is 3.34. The van der Waals surface area contributed by atoms with Gasteiger partial charge in [-0.3, -0.25) is 4.90 Å². The summed E-state index contributed by atoms with van der Waals surface area (Å²) in [5.41, 5.74) is 2.65. The van der Waals surface area contributed by atoms with E-state index < -0.39 is 0 Å². The van der Waals surface area contributed by atoms with Crippen LogP contribution >= 0.6 is 0 Å². The van der Waals surface area contributed by atoms with E-state index >= 15 is 0 Å². The van der Waals surface area contributed by atoms with Crippen molar-refractivity contribution in [1.29, 1.82) is 0 Å². The summed E-state index contributed by atoms with van der Waals surface area (Å²) < 4.78 is 14.8. The maximum Gasteiger partial charge on any atom is 0.123 e. The van der Waals surface area contributed by atoms with E-state index in [1.807, 2.05) is 19.2 Å². The summed E-state index contributed by atoms with van der Waals surface area (Å²) in [6.45, 7) is 8.72. The topological polar surface area (TPSA) is 30.5 Å². The third-order valence-electron chi connectivity index (χ3n) is 9.32. The van der Waals surface area contributed by atoms with Crippen molar-refractivity contribution in [2.24, 2.45) is 11.8 Å². The van der Waals surface area contributed by atoms with E-state index in [-0.39, 0.29) is 11.2 Å². The van der Waals surface area contributed by atoms with Gasteiger partial charge in [0.2, 0.25) is 0 Å². The SMILES string of the molecule is CNCCN[C@H]1CCC[C@@H]1[C@](CN1CCC1)(c1cccc(F)c1)C1CCN(Cc2ccccc2)CC1. The van der Waals surface area contributed by atoms with E-state index in [0.717, 1.165) is 39.3 Å². The molecule has 0 amide bonds. The number of benzene rings is 2. The molecule has 196 valence electrons. The largest absolute Gasteiger partial charge is 0.318 e. The van der Waals surface area contributed by atoms with Gasteiger partial charge in [-0.25, -0.2) is 4.39 Å². The van der Waals surface area contributed by atoms with Crippen molar-refractivity contribution in [2.45, 2.75) is 56.5 Å². The van der Waals surface area contributed by atoms with Gasteiger partial charge in [0.15, 0.2) is 0 Å². The minimum atomic E-state index is -0.0836. The summed E-state index contributed by atoms with van der Waals surface area (Å²) in [5.74, 6) is 1.03. The van der Waals surface area contributed by atoms with Gasteiger partial charge in [-0.05, 0) is 100 Å². The van der Waals surface area contributed by atoms with Crippen LogP contribution in [-0.2, 0) is 12.0 Å². The lowest BCUT2D eigenvalue weighted by atomic mass is 9.57. The molecule has 3 atom stereocenters. The van der Waals surface area contributed by atoms with Crippen molar-refractivity contribution in [2.75, 3.05) is 52.9 Å². The van der Waals surface area contributed by atoms with Gasteiger partial charge in [-0.15, -0.1) is 0 Å². The summed E-state index contributed by atoms with van der Waals surface area (Å²) in [6.07, 6.45) is 7.42. The molecule has 2 heterocycles. The zero-order chi connectivity index (χ0) is 24.8. The Morgan fingerprint density at radius 3 is 2.36 bits per heavy atom. The molecule has 0 bridgehead atoms. The van der Waals surface area contributed by atoms with Gasteiger partial charge in [0.05, 0.1) is 0 Å². The van der Waals surface area contributed by atoms with Crippen molar-refractivity contribution < 1.29 is 4.39 Å². The first kappa shape index (κ1) is 25.8. The fourth-order valence-corrected chi connectivity index (χ4v) is 7.43. The molecule has 5 heteroatoms. The van der Waals surface area contributed by atoms with Crippen LogP contribution in [0.15, 0.2) is 54.6 Å². The third-order valence-corrected chi connectivity index (χ3v) is 9.32. The molecule has 0 unspecified atom stereocenters. The van der Waals surface area contributed by atoms with E-state index in [0.29, 0.717) is 17.9 Å². The van der Waals surface area contributed by atoms with Crippen LogP contribution < -0.4 is 10.6 Å². The standard InChI is InChI=1S/C31H45FN4/c1-33-16-17-34-30-13-6-12-29(30)31(24-36-18-7-19-36,27-10-5-11-28(32)22-27)26-14-20-35(21-15-26)23-25-8-3-2-4-9-25/h2-5,8-11,22,26,29-30,33-34H,6-7,12-21,23-24H2,1H3/t29-,30-,31-/m0/s1. The molecule has 2 saturated heterocycles. The Morgan fingerprint density at radius 2 is 1.67 bits per heavy atom. The summed E-state index contributed by atoms with van der Waals surface area (Å²) in [7, 11) is 2.03. The third kappa shape index (κ3) is 5.70. The number of halogens is 1. The van der Waals surface area contributed by atoms with Crippen LogP contribution in [0.4, 0.5) is 4.39 Å². The van der Waals surface area contributed by atoms with Crippen LogP contribution in [0.25, 0.3) is 0 Å². The van der Waals surface area contributed by atoms with E-state index in [2.05, 4.69) is 56.8 Å². The Balaban J connectivity index is 1.44. The number of nitrogens with zero attached hydrogens (tertiary/aromatic N) is 2. The Bertz CT molecular complexity index is 941. The van der Waals surface area contributed by atoms with Gasteiger partial charge in [-0.2, -0.15) is 0 Å². The fourth-order valence-electron chi connectivity index (χ4n) is 7.43. The number of likely N-dealkylation sites (N-methyl/N-ethyl adjacent to an activating group) is 1. The molecule has 0 radical (unpaired) electrons. The smallest absolute Gasteiger partial charge is 0.123 e. The van der Waals surface area contributed by atoms with Crippen molar-refractivity contribution in [3.63, 3.8) is 0 Å². The van der Waals surface area contributed by atoms with Gasteiger partial charge < -0.3 is 15.5 Å². The minimum absolute atomic E-state index is 0.00479. The summed E-state index contributed by atoms with van der Waals surface area (Å²) in [6, 6.07) is 19.1. The molecular weight excluding hydrogens is 447 g/mol. The number of nitrogens with one attached hydrogen (secondary N) is 2.